The van der Waals surface area contributed by atoms with E-state index in [1.165, 1.54) is 0 Å². The van der Waals surface area contributed by atoms with Gasteiger partial charge in [0.15, 0.2) is 0 Å². The summed E-state index contributed by atoms with van der Waals surface area (Å²) in [5, 5.41) is 12.7. The average molecular weight is 262 g/mol. The lowest BCUT2D eigenvalue weighted by Gasteiger charge is -2.27. The van der Waals surface area contributed by atoms with Crippen molar-refractivity contribution in [1.29, 1.82) is 0 Å². The second-order valence-electron chi connectivity index (χ2n) is 5.17. The number of carbonyl (C=O) groups is 1. The standard InChI is InChI=1S/C15H22N2O2/c1-12(13-3-2-4-14(18)11-13)5-6-15(19)17-9-7-16-8-10-17/h2-4,11-12,16,18H,5-10H2,1H3. The quantitative estimate of drug-likeness (QED) is 0.868. The zero-order valence-corrected chi connectivity index (χ0v) is 11.4. The molecule has 1 aromatic rings. The Labute approximate surface area is 114 Å². The largest absolute Gasteiger partial charge is 0.508 e. The van der Waals surface area contributed by atoms with Gasteiger partial charge in [0.1, 0.15) is 5.75 Å². The fourth-order valence-corrected chi connectivity index (χ4v) is 2.41. The van der Waals surface area contributed by atoms with E-state index in [1.54, 1.807) is 12.1 Å². The second-order valence-corrected chi connectivity index (χ2v) is 5.17. The van der Waals surface area contributed by atoms with Crippen molar-refractivity contribution in [1.82, 2.24) is 10.2 Å². The Bertz CT molecular complexity index is 428. The number of nitrogens with zero attached hydrogens (tertiary/aromatic N) is 1. The van der Waals surface area contributed by atoms with Crippen LogP contribution in [0, 0.1) is 0 Å². The minimum atomic E-state index is 0.244. The molecule has 0 aliphatic carbocycles. The smallest absolute Gasteiger partial charge is 0.222 e. The first-order chi connectivity index (χ1) is 9.16. The molecule has 104 valence electrons. The average Bonchev–Trinajstić information content (AvgIpc) is 2.45. The van der Waals surface area contributed by atoms with Crippen LogP contribution in [0.4, 0.5) is 0 Å². The summed E-state index contributed by atoms with van der Waals surface area (Å²) in [6, 6.07) is 7.29. The van der Waals surface area contributed by atoms with Crippen LogP contribution in [0.2, 0.25) is 0 Å². The molecule has 1 saturated heterocycles. The molecule has 4 heteroatoms. The van der Waals surface area contributed by atoms with Crippen molar-refractivity contribution in [2.45, 2.75) is 25.7 Å². The summed E-state index contributed by atoms with van der Waals surface area (Å²) in [5.41, 5.74) is 1.09. The number of aromatic hydroxyl groups is 1. The number of rotatable bonds is 4. The van der Waals surface area contributed by atoms with Crippen LogP contribution in [0.15, 0.2) is 24.3 Å². The number of amides is 1. The molecule has 19 heavy (non-hydrogen) atoms. The normalized spacial score (nSPS) is 17.2. The number of phenols is 1. The van der Waals surface area contributed by atoms with Gasteiger partial charge in [-0.25, -0.2) is 0 Å². The lowest BCUT2D eigenvalue weighted by atomic mass is 9.96. The first-order valence-corrected chi connectivity index (χ1v) is 6.94. The summed E-state index contributed by atoms with van der Waals surface area (Å²) in [6.45, 7) is 5.53. The second kappa shape index (κ2) is 6.57. The first kappa shape index (κ1) is 13.9. The predicted octanol–water partition coefficient (Wildman–Crippen LogP) is 1.71. The number of hydrogen-bond acceptors (Lipinski definition) is 3. The predicted molar refractivity (Wildman–Crippen MR) is 75.2 cm³/mol. The van der Waals surface area contributed by atoms with Crippen molar-refractivity contribution in [3.05, 3.63) is 29.8 Å². The lowest BCUT2D eigenvalue weighted by molar-refractivity contribution is -0.131. The molecule has 0 aromatic heterocycles. The molecule has 2 N–H and O–H groups in total. The maximum Gasteiger partial charge on any atom is 0.222 e. The van der Waals surface area contributed by atoms with Crippen molar-refractivity contribution >= 4 is 5.91 Å². The molecular formula is C15H22N2O2. The molecule has 0 saturated carbocycles. The summed E-state index contributed by atoms with van der Waals surface area (Å²) in [7, 11) is 0. The molecule has 0 bridgehead atoms. The maximum atomic E-state index is 12.0. The highest BCUT2D eigenvalue weighted by Crippen LogP contribution is 2.24. The van der Waals surface area contributed by atoms with Crippen LogP contribution in [0.25, 0.3) is 0 Å². The van der Waals surface area contributed by atoms with Gasteiger partial charge in [-0.15, -0.1) is 0 Å². The molecule has 1 fully saturated rings. The Hall–Kier alpha value is -1.55. The van der Waals surface area contributed by atoms with Crippen LogP contribution in [0.1, 0.15) is 31.2 Å². The van der Waals surface area contributed by atoms with Crippen molar-refractivity contribution in [3.63, 3.8) is 0 Å². The van der Waals surface area contributed by atoms with E-state index in [4.69, 9.17) is 0 Å². The molecule has 0 spiro atoms. The first-order valence-electron chi connectivity index (χ1n) is 6.94. The molecule has 0 radical (unpaired) electrons. The maximum absolute atomic E-state index is 12.0. The lowest BCUT2D eigenvalue weighted by Crippen LogP contribution is -2.46. The van der Waals surface area contributed by atoms with E-state index in [0.29, 0.717) is 12.3 Å². The Morgan fingerprint density at radius 2 is 2.16 bits per heavy atom. The van der Waals surface area contributed by atoms with Crippen molar-refractivity contribution < 1.29 is 9.90 Å². The molecule has 4 nitrogen and oxygen atoms in total. The monoisotopic (exact) mass is 262 g/mol. The van der Waals surface area contributed by atoms with Gasteiger partial charge >= 0.3 is 0 Å². The summed E-state index contributed by atoms with van der Waals surface area (Å²) in [5.74, 6) is 0.824. The summed E-state index contributed by atoms with van der Waals surface area (Å²) in [4.78, 5) is 14.0. The number of nitrogens with one attached hydrogen (secondary N) is 1. The Kier molecular flexibility index (Phi) is 4.80. The summed E-state index contributed by atoms with van der Waals surface area (Å²) in [6.07, 6.45) is 1.41. The van der Waals surface area contributed by atoms with Gasteiger partial charge in [-0.3, -0.25) is 4.79 Å². The van der Waals surface area contributed by atoms with E-state index >= 15 is 0 Å². The van der Waals surface area contributed by atoms with Crippen LogP contribution in [0.5, 0.6) is 5.75 Å². The molecule has 2 rings (SSSR count). The van der Waals surface area contributed by atoms with Gasteiger partial charge < -0.3 is 15.3 Å². The highest BCUT2D eigenvalue weighted by atomic mass is 16.3. The number of phenolic OH excluding ortho intramolecular Hbond substituents is 1. The molecule has 1 aliphatic rings. The Morgan fingerprint density at radius 3 is 2.84 bits per heavy atom. The van der Waals surface area contributed by atoms with E-state index in [-0.39, 0.29) is 11.7 Å². The summed E-state index contributed by atoms with van der Waals surface area (Å²) >= 11 is 0. The van der Waals surface area contributed by atoms with Gasteiger partial charge in [0.2, 0.25) is 5.91 Å². The van der Waals surface area contributed by atoms with E-state index in [1.807, 2.05) is 17.0 Å². The van der Waals surface area contributed by atoms with Gasteiger partial charge in [-0.2, -0.15) is 0 Å². The Balaban J connectivity index is 1.82. The van der Waals surface area contributed by atoms with Crippen LogP contribution < -0.4 is 5.32 Å². The summed E-state index contributed by atoms with van der Waals surface area (Å²) < 4.78 is 0. The third kappa shape index (κ3) is 3.96. The molecule has 1 aliphatic heterocycles. The van der Waals surface area contributed by atoms with E-state index in [0.717, 1.165) is 38.2 Å². The third-order valence-corrected chi connectivity index (χ3v) is 3.70. The van der Waals surface area contributed by atoms with Gasteiger partial charge in [-0.1, -0.05) is 19.1 Å². The van der Waals surface area contributed by atoms with E-state index in [2.05, 4.69) is 12.2 Å². The molecule has 1 heterocycles. The molecule has 1 aromatic carbocycles. The van der Waals surface area contributed by atoms with Gasteiger partial charge in [-0.05, 0) is 30.0 Å². The van der Waals surface area contributed by atoms with Crippen LogP contribution in [-0.4, -0.2) is 42.1 Å². The van der Waals surface area contributed by atoms with Gasteiger partial charge in [0, 0.05) is 32.6 Å². The molecular weight excluding hydrogens is 240 g/mol. The fourth-order valence-electron chi connectivity index (χ4n) is 2.41. The molecule has 1 amide bonds. The highest BCUT2D eigenvalue weighted by Gasteiger charge is 2.17. The molecule has 1 atom stereocenters. The SMILES string of the molecule is CC(CCC(=O)N1CCNCC1)c1cccc(O)c1. The Morgan fingerprint density at radius 1 is 1.42 bits per heavy atom. The number of piperazine rings is 1. The van der Waals surface area contributed by atoms with E-state index in [9.17, 15) is 9.90 Å². The van der Waals surface area contributed by atoms with Gasteiger partial charge in [0.25, 0.3) is 0 Å². The van der Waals surface area contributed by atoms with Crippen LogP contribution >= 0.6 is 0 Å². The minimum Gasteiger partial charge on any atom is -0.508 e. The zero-order chi connectivity index (χ0) is 13.7. The van der Waals surface area contributed by atoms with Crippen molar-refractivity contribution in [2.75, 3.05) is 26.2 Å². The number of carbonyl (C=O) groups excluding carboxylic acids is 1. The third-order valence-electron chi connectivity index (χ3n) is 3.70. The topological polar surface area (TPSA) is 52.6 Å². The van der Waals surface area contributed by atoms with Crippen LogP contribution in [0.3, 0.4) is 0 Å². The molecule has 1 unspecified atom stereocenters. The van der Waals surface area contributed by atoms with Gasteiger partial charge in [0.05, 0.1) is 0 Å². The minimum absolute atomic E-state index is 0.244. The zero-order valence-electron chi connectivity index (χ0n) is 11.4. The fraction of sp³-hybridized carbons (Fsp3) is 0.533. The van der Waals surface area contributed by atoms with Crippen molar-refractivity contribution in [3.8, 4) is 5.75 Å². The van der Waals surface area contributed by atoms with Crippen molar-refractivity contribution in [2.24, 2.45) is 0 Å². The number of benzene rings is 1. The van der Waals surface area contributed by atoms with Crippen LogP contribution in [-0.2, 0) is 4.79 Å². The highest BCUT2D eigenvalue weighted by molar-refractivity contribution is 5.76. The number of hydrogen-bond donors (Lipinski definition) is 2. The van der Waals surface area contributed by atoms with E-state index < -0.39 is 0 Å².